The molecule has 72 valence electrons. The zero-order valence-corrected chi connectivity index (χ0v) is 8.11. The van der Waals surface area contributed by atoms with Gasteiger partial charge < -0.3 is 4.74 Å². The maximum absolute atomic E-state index is 10.8. The first-order valence-electron chi connectivity index (χ1n) is 4.01. The summed E-state index contributed by atoms with van der Waals surface area (Å²) in [4.78, 5) is 21.3. The van der Waals surface area contributed by atoms with Gasteiger partial charge in [0.15, 0.2) is 0 Å². The number of ether oxygens (including phenoxy) is 1. The van der Waals surface area contributed by atoms with Crippen LogP contribution in [0.25, 0.3) is 0 Å². The van der Waals surface area contributed by atoms with Gasteiger partial charge in [0.05, 0.1) is 7.11 Å². The van der Waals surface area contributed by atoms with Crippen molar-refractivity contribution in [1.82, 2.24) is 0 Å². The SMILES string of the molecule is COC(=O)/C=C/C=C/[C@@H](C)C(C)=O. The van der Waals surface area contributed by atoms with Crippen molar-refractivity contribution in [1.29, 1.82) is 0 Å². The van der Waals surface area contributed by atoms with Gasteiger partial charge in [0.2, 0.25) is 0 Å². The number of methoxy groups -OCH3 is 1. The van der Waals surface area contributed by atoms with E-state index >= 15 is 0 Å². The minimum atomic E-state index is -0.403. The van der Waals surface area contributed by atoms with Crippen molar-refractivity contribution >= 4 is 11.8 Å². The van der Waals surface area contributed by atoms with Gasteiger partial charge in [0, 0.05) is 12.0 Å². The highest BCUT2D eigenvalue weighted by molar-refractivity contribution is 5.82. The second-order valence-corrected chi connectivity index (χ2v) is 2.67. The van der Waals surface area contributed by atoms with Crippen LogP contribution in [-0.2, 0) is 14.3 Å². The van der Waals surface area contributed by atoms with Gasteiger partial charge in [-0.3, -0.25) is 4.79 Å². The topological polar surface area (TPSA) is 43.4 Å². The van der Waals surface area contributed by atoms with Crippen LogP contribution in [0.5, 0.6) is 0 Å². The first-order valence-corrected chi connectivity index (χ1v) is 4.01. The number of Topliss-reactive ketones (excluding diaryl/α,β-unsaturated/α-hetero) is 1. The fourth-order valence-electron chi connectivity index (χ4n) is 0.568. The second-order valence-electron chi connectivity index (χ2n) is 2.67. The first-order chi connectivity index (χ1) is 6.07. The molecule has 13 heavy (non-hydrogen) atoms. The summed E-state index contributed by atoms with van der Waals surface area (Å²) in [6, 6.07) is 0. The molecule has 0 radical (unpaired) electrons. The number of hydrogen-bond donors (Lipinski definition) is 0. The lowest BCUT2D eigenvalue weighted by Gasteiger charge is -1.96. The average molecular weight is 182 g/mol. The molecule has 1 atom stereocenters. The Kier molecular flexibility index (Phi) is 5.52. The summed E-state index contributed by atoms with van der Waals surface area (Å²) in [5.41, 5.74) is 0. The van der Waals surface area contributed by atoms with Gasteiger partial charge in [-0.15, -0.1) is 0 Å². The lowest BCUT2D eigenvalue weighted by atomic mass is 10.1. The molecule has 0 unspecified atom stereocenters. The van der Waals surface area contributed by atoms with Crippen LogP contribution in [0.1, 0.15) is 13.8 Å². The zero-order chi connectivity index (χ0) is 10.3. The number of esters is 1. The van der Waals surface area contributed by atoms with E-state index in [2.05, 4.69) is 4.74 Å². The summed E-state index contributed by atoms with van der Waals surface area (Å²) in [5.74, 6) is -0.412. The molecule has 0 rings (SSSR count). The Balaban J connectivity index is 3.94. The lowest BCUT2D eigenvalue weighted by Crippen LogP contribution is -2.01. The molecule has 0 aromatic carbocycles. The number of allylic oxidation sites excluding steroid dienone is 3. The third-order valence-electron chi connectivity index (χ3n) is 1.59. The Morgan fingerprint density at radius 2 is 1.92 bits per heavy atom. The standard InChI is InChI=1S/C10H14O3/c1-8(9(2)11)6-4-5-7-10(12)13-3/h4-8H,1-3H3/b6-4+,7-5+/t8-/m1/s1. The highest BCUT2D eigenvalue weighted by Gasteiger charge is 2.00. The van der Waals surface area contributed by atoms with Crippen LogP contribution in [0.2, 0.25) is 0 Å². The van der Waals surface area contributed by atoms with E-state index in [-0.39, 0.29) is 11.7 Å². The lowest BCUT2D eigenvalue weighted by molar-refractivity contribution is -0.134. The summed E-state index contributed by atoms with van der Waals surface area (Å²) in [6.07, 6.45) is 6.22. The summed E-state index contributed by atoms with van der Waals surface area (Å²) in [7, 11) is 1.31. The van der Waals surface area contributed by atoms with E-state index in [0.717, 1.165) is 0 Å². The van der Waals surface area contributed by atoms with E-state index < -0.39 is 5.97 Å². The molecule has 0 N–H and O–H groups in total. The van der Waals surface area contributed by atoms with Crippen molar-refractivity contribution in [2.24, 2.45) is 5.92 Å². The van der Waals surface area contributed by atoms with Crippen LogP contribution < -0.4 is 0 Å². The maximum Gasteiger partial charge on any atom is 0.330 e. The quantitative estimate of drug-likeness (QED) is 0.376. The minimum absolute atomic E-state index is 0.0997. The van der Waals surface area contributed by atoms with Crippen LogP contribution in [0.4, 0.5) is 0 Å². The third kappa shape index (κ3) is 5.84. The maximum atomic E-state index is 10.8. The Hall–Kier alpha value is -1.38. The smallest absolute Gasteiger partial charge is 0.330 e. The van der Waals surface area contributed by atoms with E-state index in [9.17, 15) is 9.59 Å². The van der Waals surface area contributed by atoms with Crippen molar-refractivity contribution in [3.05, 3.63) is 24.3 Å². The predicted molar refractivity (Wildman–Crippen MR) is 50.1 cm³/mol. The Labute approximate surface area is 78.1 Å². The van der Waals surface area contributed by atoms with Crippen LogP contribution in [0.3, 0.4) is 0 Å². The third-order valence-corrected chi connectivity index (χ3v) is 1.59. The molecule has 0 aromatic rings. The van der Waals surface area contributed by atoms with Crippen molar-refractivity contribution < 1.29 is 14.3 Å². The van der Waals surface area contributed by atoms with Crippen LogP contribution in [-0.4, -0.2) is 18.9 Å². The highest BCUT2D eigenvalue weighted by atomic mass is 16.5. The van der Waals surface area contributed by atoms with Gasteiger partial charge >= 0.3 is 5.97 Å². The minimum Gasteiger partial charge on any atom is -0.466 e. The van der Waals surface area contributed by atoms with Gasteiger partial charge in [-0.1, -0.05) is 25.2 Å². The Morgan fingerprint density at radius 1 is 1.31 bits per heavy atom. The van der Waals surface area contributed by atoms with E-state index in [1.54, 1.807) is 25.2 Å². The van der Waals surface area contributed by atoms with Crippen LogP contribution in [0, 0.1) is 5.92 Å². The molecule has 0 saturated heterocycles. The van der Waals surface area contributed by atoms with E-state index in [0.29, 0.717) is 0 Å². The highest BCUT2D eigenvalue weighted by Crippen LogP contribution is 1.98. The molecule has 0 bridgehead atoms. The van der Waals surface area contributed by atoms with Crippen LogP contribution >= 0.6 is 0 Å². The summed E-state index contributed by atoms with van der Waals surface area (Å²) >= 11 is 0. The number of rotatable bonds is 4. The monoisotopic (exact) mass is 182 g/mol. The van der Waals surface area contributed by atoms with Gasteiger partial charge in [0.25, 0.3) is 0 Å². The fourth-order valence-corrected chi connectivity index (χ4v) is 0.568. The fraction of sp³-hybridized carbons (Fsp3) is 0.400. The molecule has 0 aliphatic heterocycles. The molecule has 0 spiro atoms. The summed E-state index contributed by atoms with van der Waals surface area (Å²) < 4.78 is 4.38. The van der Waals surface area contributed by atoms with Crippen molar-refractivity contribution in [3.8, 4) is 0 Å². The van der Waals surface area contributed by atoms with E-state index in [1.807, 2.05) is 0 Å². The molecule has 0 amide bonds. The number of carbonyl (C=O) groups is 2. The molecular formula is C10H14O3. The molecule has 3 nitrogen and oxygen atoms in total. The van der Waals surface area contributed by atoms with Gasteiger partial charge in [0.1, 0.15) is 5.78 Å². The van der Waals surface area contributed by atoms with Crippen molar-refractivity contribution in [3.63, 3.8) is 0 Å². The molecule has 0 fully saturated rings. The zero-order valence-electron chi connectivity index (χ0n) is 8.11. The van der Waals surface area contributed by atoms with Gasteiger partial charge in [-0.25, -0.2) is 4.79 Å². The molecule has 0 aliphatic carbocycles. The van der Waals surface area contributed by atoms with Gasteiger partial charge in [-0.2, -0.15) is 0 Å². The Bertz CT molecular complexity index is 239. The molecular weight excluding hydrogens is 168 g/mol. The van der Waals surface area contributed by atoms with E-state index in [1.165, 1.54) is 20.1 Å². The van der Waals surface area contributed by atoms with Crippen molar-refractivity contribution in [2.45, 2.75) is 13.8 Å². The number of hydrogen-bond acceptors (Lipinski definition) is 3. The molecule has 0 aromatic heterocycles. The first kappa shape index (κ1) is 11.6. The molecule has 0 saturated carbocycles. The molecule has 3 heteroatoms. The van der Waals surface area contributed by atoms with Crippen molar-refractivity contribution in [2.75, 3.05) is 7.11 Å². The number of carbonyl (C=O) groups excluding carboxylic acids is 2. The van der Waals surface area contributed by atoms with Crippen LogP contribution in [0.15, 0.2) is 24.3 Å². The predicted octanol–water partition coefficient (Wildman–Crippen LogP) is 1.50. The average Bonchev–Trinajstić information content (AvgIpc) is 2.11. The summed E-state index contributed by atoms with van der Waals surface area (Å²) in [5, 5.41) is 0. The molecule has 0 heterocycles. The molecule has 0 aliphatic rings. The number of ketones is 1. The Morgan fingerprint density at radius 3 is 2.38 bits per heavy atom. The largest absolute Gasteiger partial charge is 0.466 e. The normalized spacial score (nSPS) is 13.5. The van der Waals surface area contributed by atoms with E-state index in [4.69, 9.17) is 0 Å². The second kappa shape index (κ2) is 6.17. The van der Waals surface area contributed by atoms with Gasteiger partial charge in [-0.05, 0) is 6.92 Å². The summed E-state index contributed by atoms with van der Waals surface area (Å²) in [6.45, 7) is 3.32.